The number of likely N-dealkylation sites (tertiary alicyclic amines) is 1. The molecule has 0 bridgehead atoms. The molecule has 0 radical (unpaired) electrons. The van der Waals surface area contributed by atoms with Gasteiger partial charge in [0.25, 0.3) is 0 Å². The molecule has 1 unspecified atom stereocenters. The van der Waals surface area contributed by atoms with Crippen LogP contribution in [0.2, 0.25) is 5.02 Å². The van der Waals surface area contributed by atoms with E-state index in [2.05, 4.69) is 37.9 Å². The monoisotopic (exact) mass is 619 g/mol. The Bertz CT molecular complexity index is 1220. The van der Waals surface area contributed by atoms with Crippen molar-refractivity contribution in [2.45, 2.75) is 38.0 Å². The summed E-state index contributed by atoms with van der Waals surface area (Å²) in [4.78, 5) is 14.8. The zero-order valence-electron chi connectivity index (χ0n) is 18.9. The van der Waals surface area contributed by atoms with Gasteiger partial charge in [0.05, 0.1) is 16.8 Å². The van der Waals surface area contributed by atoms with E-state index in [9.17, 15) is 15.2 Å². The van der Waals surface area contributed by atoms with Gasteiger partial charge in [-0.25, -0.2) is 0 Å². The van der Waals surface area contributed by atoms with Crippen LogP contribution in [0.15, 0.2) is 57.9 Å². The van der Waals surface area contributed by atoms with E-state index >= 15 is 0 Å². The van der Waals surface area contributed by atoms with Crippen molar-refractivity contribution in [3.63, 3.8) is 0 Å². The van der Waals surface area contributed by atoms with Gasteiger partial charge in [0.15, 0.2) is 18.6 Å². The summed E-state index contributed by atoms with van der Waals surface area (Å²) in [6.45, 7) is 1.28. The average molecular weight is 622 g/mol. The van der Waals surface area contributed by atoms with E-state index in [1.807, 2.05) is 17.0 Å². The van der Waals surface area contributed by atoms with Crippen molar-refractivity contribution in [2.75, 3.05) is 13.1 Å². The Kier molecular flexibility index (Phi) is 7.06. The molecule has 1 fully saturated rings. The van der Waals surface area contributed by atoms with Crippen LogP contribution in [0.5, 0.6) is 0 Å². The Balaban J connectivity index is 1.43. The molecule has 2 aromatic heterocycles. The highest BCUT2D eigenvalue weighted by Crippen LogP contribution is 2.45. The van der Waals surface area contributed by atoms with E-state index in [0.29, 0.717) is 22.8 Å². The molecule has 1 atom stereocenters. The zero-order chi connectivity index (χ0) is 24.7. The van der Waals surface area contributed by atoms with Gasteiger partial charge in [-0.15, -0.1) is 0 Å². The number of aromatic nitrogens is 2. The molecule has 1 aliphatic carbocycles. The first kappa shape index (κ1) is 24.5. The van der Waals surface area contributed by atoms with Crippen LogP contribution in [0, 0.1) is 16.3 Å². The molecule has 1 saturated heterocycles. The minimum atomic E-state index is -0.0846. The SMILES string of the molecule is O=C(Cc1cc[n+]([O-])cc1)N1CCC(C2c3c(Br)cc(Cl)cc3CCc3cc(Br)c[n+]([O-])c32)CC1. The highest BCUT2D eigenvalue weighted by molar-refractivity contribution is 9.10. The third-order valence-electron chi connectivity index (χ3n) is 7.16. The van der Waals surface area contributed by atoms with Crippen molar-refractivity contribution in [2.24, 2.45) is 5.92 Å². The Morgan fingerprint density at radius 2 is 1.74 bits per heavy atom. The molecular formula is C26H24Br2ClN3O3. The number of hydrogen-bond donors (Lipinski definition) is 0. The lowest BCUT2D eigenvalue weighted by Crippen LogP contribution is -2.43. The molecule has 35 heavy (non-hydrogen) atoms. The highest BCUT2D eigenvalue weighted by atomic mass is 79.9. The average Bonchev–Trinajstić information content (AvgIpc) is 2.98. The molecule has 182 valence electrons. The fraction of sp³-hybridized carbons (Fsp3) is 0.346. The molecular weight excluding hydrogens is 598 g/mol. The second-order valence-electron chi connectivity index (χ2n) is 9.29. The van der Waals surface area contributed by atoms with Gasteiger partial charge in [-0.1, -0.05) is 27.5 Å². The summed E-state index contributed by atoms with van der Waals surface area (Å²) < 4.78 is 3.44. The van der Waals surface area contributed by atoms with Crippen LogP contribution >= 0.6 is 43.5 Å². The van der Waals surface area contributed by atoms with Crippen molar-refractivity contribution in [1.29, 1.82) is 0 Å². The molecule has 6 nitrogen and oxygen atoms in total. The lowest BCUT2D eigenvalue weighted by molar-refractivity contribution is -0.616. The van der Waals surface area contributed by atoms with Crippen molar-refractivity contribution in [3.05, 3.63) is 101 Å². The quantitative estimate of drug-likeness (QED) is 0.310. The van der Waals surface area contributed by atoms with Crippen LogP contribution in [-0.2, 0) is 24.1 Å². The number of piperidine rings is 1. The summed E-state index contributed by atoms with van der Waals surface area (Å²) in [7, 11) is 0. The van der Waals surface area contributed by atoms with E-state index in [-0.39, 0.29) is 24.2 Å². The normalized spacial score (nSPS) is 18.0. The molecule has 9 heteroatoms. The van der Waals surface area contributed by atoms with Crippen LogP contribution in [0.25, 0.3) is 0 Å². The molecule has 5 rings (SSSR count). The lowest BCUT2D eigenvalue weighted by Gasteiger charge is -2.36. The van der Waals surface area contributed by atoms with Crippen LogP contribution in [0.1, 0.15) is 46.7 Å². The van der Waals surface area contributed by atoms with Gasteiger partial charge >= 0.3 is 0 Å². The first-order valence-electron chi connectivity index (χ1n) is 11.6. The Labute approximate surface area is 225 Å². The summed E-state index contributed by atoms with van der Waals surface area (Å²) in [5.74, 6) is 0.188. The number of carbonyl (C=O) groups is 1. The summed E-state index contributed by atoms with van der Waals surface area (Å²) in [5.41, 5.74) is 4.99. The smallest absolute Gasteiger partial charge is 0.226 e. The standard InChI is InChI=1S/C26H24Br2ClN3O3/c27-20-12-19-2-1-18-13-21(29)14-22(28)24(18)25(26(19)32(35)15-20)17-5-7-30(8-6-17)23(33)11-16-3-9-31(34)10-4-16/h3-4,9-10,12-15,17,25H,1-2,5-8,11H2. The second kappa shape index (κ2) is 10.1. The summed E-state index contributed by atoms with van der Waals surface area (Å²) >= 11 is 13.6. The summed E-state index contributed by atoms with van der Waals surface area (Å²) in [5, 5.41) is 25.2. The van der Waals surface area contributed by atoms with E-state index in [1.165, 1.54) is 18.0 Å². The fourth-order valence-electron chi connectivity index (χ4n) is 5.53. The second-order valence-corrected chi connectivity index (χ2v) is 11.5. The molecule has 1 aromatic carbocycles. The summed E-state index contributed by atoms with van der Waals surface area (Å²) in [6.07, 6.45) is 7.87. The van der Waals surface area contributed by atoms with Gasteiger partial charge in [-0.2, -0.15) is 9.46 Å². The topological polar surface area (TPSA) is 74.2 Å². The number of amides is 1. The maximum Gasteiger partial charge on any atom is 0.226 e. The maximum absolute atomic E-state index is 13.2. The molecule has 2 aliphatic rings. The molecule has 3 aromatic rings. The zero-order valence-corrected chi connectivity index (χ0v) is 22.9. The molecule has 0 spiro atoms. The first-order chi connectivity index (χ1) is 16.8. The van der Waals surface area contributed by atoms with Gasteiger partial charge in [0.2, 0.25) is 11.6 Å². The minimum absolute atomic E-state index is 0.0598. The van der Waals surface area contributed by atoms with Gasteiger partial charge in [-0.05, 0) is 82.4 Å². The highest BCUT2D eigenvalue weighted by Gasteiger charge is 2.40. The third-order valence-corrected chi connectivity index (χ3v) is 8.47. The van der Waals surface area contributed by atoms with Gasteiger partial charge in [-0.3, -0.25) is 4.79 Å². The molecule has 1 amide bonds. The van der Waals surface area contributed by atoms with Crippen LogP contribution in [0.4, 0.5) is 0 Å². The third kappa shape index (κ3) is 5.06. The summed E-state index contributed by atoms with van der Waals surface area (Å²) in [6, 6.07) is 9.36. The number of nitrogens with zero attached hydrogens (tertiary/aromatic N) is 3. The predicted octanol–water partition coefficient (Wildman–Crippen LogP) is 4.84. The van der Waals surface area contributed by atoms with Gasteiger partial charge < -0.3 is 15.3 Å². The Morgan fingerprint density at radius 1 is 1.06 bits per heavy atom. The van der Waals surface area contributed by atoms with Crippen LogP contribution < -0.4 is 9.46 Å². The molecule has 1 aliphatic heterocycles. The number of benzene rings is 1. The number of halogens is 3. The molecule has 3 heterocycles. The predicted molar refractivity (Wildman–Crippen MR) is 140 cm³/mol. The van der Waals surface area contributed by atoms with Crippen molar-refractivity contribution in [3.8, 4) is 0 Å². The Morgan fingerprint density at radius 3 is 2.46 bits per heavy atom. The number of rotatable bonds is 3. The van der Waals surface area contributed by atoms with E-state index in [4.69, 9.17) is 11.6 Å². The Hall–Kier alpha value is -2.16. The number of carbonyl (C=O) groups excluding carboxylic acids is 1. The number of pyridine rings is 2. The van der Waals surface area contributed by atoms with E-state index in [0.717, 1.165) is 61.7 Å². The van der Waals surface area contributed by atoms with Crippen LogP contribution in [0.3, 0.4) is 0 Å². The van der Waals surface area contributed by atoms with Crippen molar-refractivity contribution in [1.82, 2.24) is 4.90 Å². The minimum Gasteiger partial charge on any atom is -0.619 e. The number of hydrogen-bond acceptors (Lipinski definition) is 3. The fourth-order valence-corrected chi connectivity index (χ4v) is 7.11. The van der Waals surface area contributed by atoms with Crippen LogP contribution in [-0.4, -0.2) is 23.9 Å². The largest absolute Gasteiger partial charge is 0.619 e. The first-order valence-corrected chi connectivity index (χ1v) is 13.6. The van der Waals surface area contributed by atoms with Crippen molar-refractivity contribution < 1.29 is 14.3 Å². The van der Waals surface area contributed by atoms with E-state index < -0.39 is 0 Å². The van der Waals surface area contributed by atoms with E-state index in [1.54, 1.807) is 18.3 Å². The molecule has 0 saturated carbocycles. The molecule has 0 N–H and O–H groups in total. The maximum atomic E-state index is 13.2. The number of aryl methyl sites for hydroxylation is 2. The van der Waals surface area contributed by atoms with Crippen molar-refractivity contribution >= 4 is 49.4 Å². The lowest BCUT2D eigenvalue weighted by atomic mass is 9.76. The van der Waals surface area contributed by atoms with Gasteiger partial charge in [0.1, 0.15) is 0 Å². The number of fused-ring (bicyclic) bond motifs is 2. The van der Waals surface area contributed by atoms with Gasteiger partial charge in [0, 0.05) is 40.3 Å².